The van der Waals surface area contributed by atoms with Crippen LogP contribution < -0.4 is 0 Å². The van der Waals surface area contributed by atoms with Crippen LogP contribution in [0.3, 0.4) is 0 Å². The fourth-order valence-corrected chi connectivity index (χ4v) is 0.416. The van der Waals surface area contributed by atoms with Crippen molar-refractivity contribution in [2.75, 3.05) is 6.61 Å². The van der Waals surface area contributed by atoms with Crippen LogP contribution in [0.15, 0.2) is 11.8 Å². The molecule has 0 atom stereocenters. The molecule has 3 heteroatoms. The third-order valence-electron chi connectivity index (χ3n) is 0.763. The van der Waals surface area contributed by atoms with Gasteiger partial charge in [0.2, 0.25) is 5.76 Å². The van der Waals surface area contributed by atoms with E-state index in [1.165, 1.54) is 6.08 Å². The molecule has 0 heterocycles. The first-order valence-corrected chi connectivity index (χ1v) is 2.72. The molecule has 1 radical (unpaired) electrons. The van der Waals surface area contributed by atoms with Crippen LogP contribution in [0.5, 0.6) is 0 Å². The van der Waals surface area contributed by atoms with Crippen molar-refractivity contribution in [2.45, 2.75) is 13.8 Å². The van der Waals surface area contributed by atoms with Crippen molar-refractivity contribution < 1.29 is 14.6 Å². The molecule has 0 aromatic rings. The molecule has 0 aliphatic rings. The molecule has 0 saturated carbocycles. The van der Waals surface area contributed by atoms with Crippen molar-refractivity contribution in [3.05, 3.63) is 11.8 Å². The van der Waals surface area contributed by atoms with Gasteiger partial charge in [0.1, 0.15) is 0 Å². The summed E-state index contributed by atoms with van der Waals surface area (Å²) in [6.07, 6.45) is 1.36. The lowest BCUT2D eigenvalue weighted by molar-refractivity contribution is -0.142. The first-order chi connectivity index (χ1) is 4.22. The summed E-state index contributed by atoms with van der Waals surface area (Å²) in [5, 5.41) is 10.0. The molecule has 0 aromatic carbocycles. The minimum Gasteiger partial charge on any atom is -0.487 e. The molecular weight excluding hydrogens is 120 g/mol. The maximum atomic E-state index is 10.0. The van der Waals surface area contributed by atoms with Crippen LogP contribution in [0.2, 0.25) is 0 Å². The third kappa shape index (κ3) is 2.74. The molecule has 0 fully saturated rings. The summed E-state index contributed by atoms with van der Waals surface area (Å²) in [7, 11) is 0. The zero-order chi connectivity index (χ0) is 7.28. The van der Waals surface area contributed by atoms with Gasteiger partial charge in [-0.15, -0.1) is 0 Å². The summed E-state index contributed by atoms with van der Waals surface area (Å²) >= 11 is 0. The van der Waals surface area contributed by atoms with E-state index in [9.17, 15) is 9.90 Å². The van der Waals surface area contributed by atoms with Crippen molar-refractivity contribution in [1.82, 2.24) is 0 Å². The standard InChI is InChI=1S/C6H9O3/c1-3-5(6(7)8)9-4-2/h3H,4H2,1-2H3/b5-3+. The third-order valence-corrected chi connectivity index (χ3v) is 0.763. The zero-order valence-corrected chi connectivity index (χ0v) is 5.51. The molecular formula is C6H9O3. The Morgan fingerprint density at radius 3 is 2.33 bits per heavy atom. The zero-order valence-electron chi connectivity index (χ0n) is 5.51. The highest BCUT2D eigenvalue weighted by Gasteiger charge is 2.06. The van der Waals surface area contributed by atoms with E-state index in [1.54, 1.807) is 13.8 Å². The van der Waals surface area contributed by atoms with Gasteiger partial charge >= 0.3 is 5.97 Å². The minimum atomic E-state index is -1.26. The molecule has 3 nitrogen and oxygen atoms in total. The van der Waals surface area contributed by atoms with Gasteiger partial charge in [-0.05, 0) is 19.9 Å². The number of hydrogen-bond donors (Lipinski definition) is 0. The maximum absolute atomic E-state index is 10.0. The Morgan fingerprint density at radius 1 is 1.67 bits per heavy atom. The van der Waals surface area contributed by atoms with E-state index in [4.69, 9.17) is 0 Å². The van der Waals surface area contributed by atoms with E-state index in [-0.39, 0.29) is 5.76 Å². The molecule has 9 heavy (non-hydrogen) atoms. The predicted molar refractivity (Wildman–Crippen MR) is 31.1 cm³/mol. The van der Waals surface area contributed by atoms with Gasteiger partial charge in [0.15, 0.2) is 0 Å². The van der Waals surface area contributed by atoms with Crippen LogP contribution in [0.1, 0.15) is 13.8 Å². The highest BCUT2D eigenvalue weighted by atomic mass is 16.5. The highest BCUT2D eigenvalue weighted by molar-refractivity contribution is 5.83. The number of rotatable bonds is 3. The number of ether oxygens (including phenoxy) is 1. The van der Waals surface area contributed by atoms with Crippen molar-refractivity contribution in [3.8, 4) is 0 Å². The lowest BCUT2D eigenvalue weighted by Crippen LogP contribution is -2.02. The Kier molecular flexibility index (Phi) is 3.51. The van der Waals surface area contributed by atoms with E-state index in [1.807, 2.05) is 0 Å². The Labute approximate surface area is 53.9 Å². The van der Waals surface area contributed by atoms with Crippen LogP contribution in [0.4, 0.5) is 0 Å². The topological polar surface area (TPSA) is 46.2 Å². The first kappa shape index (κ1) is 8.01. The molecule has 0 aliphatic heterocycles. The Bertz CT molecular complexity index is 126. The summed E-state index contributed by atoms with van der Waals surface area (Å²) in [6.45, 7) is 3.65. The average molecular weight is 129 g/mol. The Balaban J connectivity index is 3.85. The van der Waals surface area contributed by atoms with Gasteiger partial charge in [0.05, 0.1) is 6.61 Å². The van der Waals surface area contributed by atoms with Gasteiger partial charge in [-0.25, -0.2) is 9.90 Å². The van der Waals surface area contributed by atoms with Gasteiger partial charge in [-0.3, -0.25) is 0 Å². The van der Waals surface area contributed by atoms with E-state index in [2.05, 4.69) is 4.74 Å². The van der Waals surface area contributed by atoms with Crippen LogP contribution >= 0.6 is 0 Å². The van der Waals surface area contributed by atoms with Gasteiger partial charge in [-0.2, -0.15) is 0 Å². The quantitative estimate of drug-likeness (QED) is 0.419. The second-order valence-electron chi connectivity index (χ2n) is 1.37. The van der Waals surface area contributed by atoms with E-state index in [0.717, 1.165) is 0 Å². The second kappa shape index (κ2) is 3.95. The summed E-state index contributed by atoms with van der Waals surface area (Å²) in [6, 6.07) is 0. The number of allylic oxidation sites excluding steroid dienone is 1. The summed E-state index contributed by atoms with van der Waals surface area (Å²) in [5.41, 5.74) is 0. The summed E-state index contributed by atoms with van der Waals surface area (Å²) < 4.78 is 4.65. The molecule has 0 spiro atoms. The molecule has 0 unspecified atom stereocenters. The van der Waals surface area contributed by atoms with Crippen molar-refractivity contribution in [3.63, 3.8) is 0 Å². The lowest BCUT2D eigenvalue weighted by atomic mass is 10.5. The molecule has 0 aromatic heterocycles. The van der Waals surface area contributed by atoms with Gasteiger partial charge in [-0.1, -0.05) is 0 Å². The molecule has 51 valence electrons. The summed E-state index contributed by atoms with van der Waals surface area (Å²) in [4.78, 5) is 10.0. The van der Waals surface area contributed by atoms with Crippen LogP contribution in [0.25, 0.3) is 0 Å². The molecule has 0 bridgehead atoms. The maximum Gasteiger partial charge on any atom is 0.420 e. The molecule has 0 amide bonds. The highest BCUT2D eigenvalue weighted by Crippen LogP contribution is 1.95. The largest absolute Gasteiger partial charge is 0.487 e. The molecule has 0 aliphatic carbocycles. The fourth-order valence-electron chi connectivity index (χ4n) is 0.416. The molecule has 0 rings (SSSR count). The number of carbonyl (C=O) groups excluding carboxylic acids is 1. The second-order valence-corrected chi connectivity index (χ2v) is 1.37. The average Bonchev–Trinajstić information content (AvgIpc) is 1.82. The van der Waals surface area contributed by atoms with E-state index >= 15 is 0 Å². The van der Waals surface area contributed by atoms with Gasteiger partial charge < -0.3 is 4.74 Å². The van der Waals surface area contributed by atoms with E-state index < -0.39 is 5.97 Å². The first-order valence-electron chi connectivity index (χ1n) is 2.72. The molecule has 0 N–H and O–H groups in total. The number of carbonyl (C=O) groups is 1. The Hall–Kier alpha value is -0.990. The number of hydrogen-bond acceptors (Lipinski definition) is 2. The van der Waals surface area contributed by atoms with Crippen molar-refractivity contribution in [2.24, 2.45) is 0 Å². The minimum absolute atomic E-state index is 0.0995. The smallest absolute Gasteiger partial charge is 0.420 e. The van der Waals surface area contributed by atoms with Crippen LogP contribution in [-0.4, -0.2) is 12.6 Å². The molecule has 0 saturated heterocycles. The SMILES string of the molecule is C/C=C(/OCC)C([O])=O. The van der Waals surface area contributed by atoms with Crippen molar-refractivity contribution in [1.29, 1.82) is 0 Å². The predicted octanol–water partition coefficient (Wildman–Crippen LogP) is 0.884. The van der Waals surface area contributed by atoms with Crippen LogP contribution in [-0.2, 0) is 14.6 Å². The normalized spacial score (nSPS) is 11.1. The Morgan fingerprint density at radius 2 is 2.22 bits per heavy atom. The fraction of sp³-hybridized carbons (Fsp3) is 0.500. The van der Waals surface area contributed by atoms with E-state index in [0.29, 0.717) is 6.61 Å². The van der Waals surface area contributed by atoms with Crippen molar-refractivity contribution >= 4 is 5.97 Å². The summed E-state index contributed by atoms with van der Waals surface area (Å²) in [5.74, 6) is -1.36. The monoisotopic (exact) mass is 129 g/mol. The van der Waals surface area contributed by atoms with Crippen LogP contribution in [0, 0.1) is 0 Å². The lowest BCUT2D eigenvalue weighted by Gasteiger charge is -1.98. The van der Waals surface area contributed by atoms with Gasteiger partial charge in [0.25, 0.3) is 0 Å². The van der Waals surface area contributed by atoms with Gasteiger partial charge in [0, 0.05) is 0 Å².